The second-order valence-corrected chi connectivity index (χ2v) is 8.63. The van der Waals surface area contributed by atoms with Gasteiger partial charge in [0.05, 0.1) is 5.39 Å². The van der Waals surface area contributed by atoms with Crippen LogP contribution in [0, 0.1) is 6.92 Å². The maximum absolute atomic E-state index is 12.8. The maximum atomic E-state index is 12.8. The molecule has 0 aromatic carbocycles. The number of fused-ring (bicyclic) bond motifs is 3. The van der Waals surface area contributed by atoms with Crippen LogP contribution >= 0.6 is 11.3 Å². The second kappa shape index (κ2) is 6.83. The predicted octanol–water partition coefficient (Wildman–Crippen LogP) is 3.93. The summed E-state index contributed by atoms with van der Waals surface area (Å²) in [5.41, 5.74) is 3.27. The molecule has 4 aromatic heterocycles. The number of rotatable bonds is 4. The normalized spacial score (nSPS) is 15.2. The van der Waals surface area contributed by atoms with Crippen molar-refractivity contribution in [2.45, 2.75) is 39.8 Å². The van der Waals surface area contributed by atoms with Gasteiger partial charge in [-0.1, -0.05) is 0 Å². The highest BCUT2D eigenvalue weighted by atomic mass is 32.1. The third-order valence-corrected chi connectivity index (χ3v) is 6.74. The third kappa shape index (κ3) is 2.77. The van der Waals surface area contributed by atoms with Gasteiger partial charge in [-0.25, -0.2) is 4.98 Å². The quantitative estimate of drug-likeness (QED) is 0.571. The zero-order valence-corrected chi connectivity index (χ0v) is 17.0. The molecule has 144 valence electrons. The number of aryl methyl sites for hydroxylation is 2. The molecule has 1 N–H and O–H groups in total. The van der Waals surface area contributed by atoms with Crippen LogP contribution in [-0.4, -0.2) is 37.7 Å². The van der Waals surface area contributed by atoms with Gasteiger partial charge in [0, 0.05) is 45.7 Å². The van der Waals surface area contributed by atoms with Crippen molar-refractivity contribution >= 4 is 33.3 Å². The molecule has 0 bridgehead atoms. The number of nitrogens with zero attached hydrogens (tertiary/aromatic N) is 4. The number of hydrogen-bond donors (Lipinski definition) is 1. The molecule has 0 atom stereocenters. The molecule has 0 unspecified atom stereocenters. The molecular formula is C21H23N5OS. The molecule has 0 amide bonds. The molecule has 5 rings (SSSR count). The van der Waals surface area contributed by atoms with Crippen LogP contribution in [0.5, 0.6) is 0 Å². The van der Waals surface area contributed by atoms with Crippen molar-refractivity contribution in [2.75, 3.05) is 13.1 Å². The van der Waals surface area contributed by atoms with Crippen LogP contribution in [0.15, 0.2) is 29.2 Å². The topological polar surface area (TPSA) is 66.8 Å². The van der Waals surface area contributed by atoms with Crippen LogP contribution in [0.2, 0.25) is 0 Å². The number of aromatic nitrogens is 4. The lowest BCUT2D eigenvalue weighted by Crippen LogP contribution is -2.20. The molecule has 1 saturated heterocycles. The Morgan fingerprint density at radius 3 is 2.86 bits per heavy atom. The average Bonchev–Trinajstić information content (AvgIpc) is 3.44. The Morgan fingerprint density at radius 2 is 2.07 bits per heavy atom. The molecule has 6 nitrogen and oxygen atoms in total. The molecule has 0 aliphatic carbocycles. The summed E-state index contributed by atoms with van der Waals surface area (Å²) in [5, 5.41) is 8.97. The molecule has 7 heteroatoms. The van der Waals surface area contributed by atoms with Crippen LogP contribution < -0.4 is 5.56 Å². The summed E-state index contributed by atoms with van der Waals surface area (Å²) < 4.78 is 1.73. The Labute approximate surface area is 166 Å². The van der Waals surface area contributed by atoms with Crippen molar-refractivity contribution in [2.24, 2.45) is 0 Å². The van der Waals surface area contributed by atoms with Gasteiger partial charge in [-0.2, -0.15) is 5.10 Å². The fourth-order valence-electron chi connectivity index (χ4n) is 4.17. The standard InChI is InChI=1S/C21H23N5OS/c1-3-26-20-16(19-18(21(26)27)13(2)23-24-19)10-14(11-22-20)17-7-6-15(28-17)12-25-8-4-5-9-25/h6-7,10-11H,3-5,8-9,12H2,1-2H3,(H,23,24). The first-order chi connectivity index (χ1) is 13.7. The van der Waals surface area contributed by atoms with Crippen LogP contribution in [-0.2, 0) is 13.1 Å². The van der Waals surface area contributed by atoms with Gasteiger partial charge < -0.3 is 0 Å². The first kappa shape index (κ1) is 17.6. The van der Waals surface area contributed by atoms with E-state index in [2.05, 4.69) is 38.3 Å². The van der Waals surface area contributed by atoms with E-state index in [0.717, 1.165) is 23.2 Å². The molecule has 28 heavy (non-hydrogen) atoms. The summed E-state index contributed by atoms with van der Waals surface area (Å²) in [6.07, 6.45) is 4.50. The molecule has 0 radical (unpaired) electrons. The van der Waals surface area contributed by atoms with E-state index in [1.165, 1.54) is 35.7 Å². The average molecular weight is 394 g/mol. The highest BCUT2D eigenvalue weighted by Crippen LogP contribution is 2.32. The Bertz CT molecular complexity index is 1230. The van der Waals surface area contributed by atoms with E-state index in [0.29, 0.717) is 23.1 Å². The first-order valence-electron chi connectivity index (χ1n) is 9.84. The molecule has 1 aliphatic rings. The van der Waals surface area contributed by atoms with E-state index in [-0.39, 0.29) is 5.56 Å². The Hall–Kier alpha value is -2.51. The first-order valence-corrected chi connectivity index (χ1v) is 10.7. The van der Waals surface area contributed by atoms with Gasteiger partial charge in [-0.05, 0) is 58.0 Å². The zero-order chi connectivity index (χ0) is 19.3. The summed E-state index contributed by atoms with van der Waals surface area (Å²) in [6, 6.07) is 6.54. The minimum Gasteiger partial charge on any atom is -0.298 e. The van der Waals surface area contributed by atoms with E-state index in [1.807, 2.05) is 31.4 Å². The van der Waals surface area contributed by atoms with E-state index in [4.69, 9.17) is 0 Å². The van der Waals surface area contributed by atoms with Crippen molar-refractivity contribution in [3.8, 4) is 10.4 Å². The van der Waals surface area contributed by atoms with E-state index < -0.39 is 0 Å². The van der Waals surface area contributed by atoms with Gasteiger partial charge in [-0.3, -0.25) is 19.4 Å². The molecule has 0 spiro atoms. The van der Waals surface area contributed by atoms with E-state index >= 15 is 0 Å². The summed E-state index contributed by atoms with van der Waals surface area (Å²) in [6.45, 7) is 7.89. The van der Waals surface area contributed by atoms with Crippen LogP contribution in [0.4, 0.5) is 0 Å². The molecule has 1 fully saturated rings. The fourth-order valence-corrected chi connectivity index (χ4v) is 5.20. The summed E-state index contributed by atoms with van der Waals surface area (Å²) in [4.78, 5) is 22.6. The number of nitrogens with one attached hydrogen (secondary N) is 1. The number of thiophene rings is 1. The van der Waals surface area contributed by atoms with Crippen LogP contribution in [0.3, 0.4) is 0 Å². The number of likely N-dealkylation sites (tertiary alicyclic amines) is 1. The second-order valence-electron chi connectivity index (χ2n) is 7.47. The van der Waals surface area contributed by atoms with Crippen molar-refractivity contribution in [3.05, 3.63) is 45.3 Å². The lowest BCUT2D eigenvalue weighted by Gasteiger charge is -2.12. The van der Waals surface area contributed by atoms with Gasteiger partial charge in [0.25, 0.3) is 5.56 Å². The highest BCUT2D eigenvalue weighted by molar-refractivity contribution is 7.15. The molecule has 1 aliphatic heterocycles. The summed E-state index contributed by atoms with van der Waals surface area (Å²) >= 11 is 1.83. The van der Waals surface area contributed by atoms with Gasteiger partial charge in [0.15, 0.2) is 0 Å². The van der Waals surface area contributed by atoms with E-state index in [9.17, 15) is 4.79 Å². The van der Waals surface area contributed by atoms with Crippen molar-refractivity contribution < 1.29 is 0 Å². The lowest BCUT2D eigenvalue weighted by molar-refractivity contribution is 0.334. The zero-order valence-electron chi connectivity index (χ0n) is 16.2. The third-order valence-electron chi connectivity index (χ3n) is 5.62. The maximum Gasteiger partial charge on any atom is 0.263 e. The smallest absolute Gasteiger partial charge is 0.263 e. The van der Waals surface area contributed by atoms with Crippen molar-refractivity contribution in [3.63, 3.8) is 0 Å². The van der Waals surface area contributed by atoms with Crippen molar-refractivity contribution in [1.82, 2.24) is 24.6 Å². The number of H-pyrrole nitrogens is 1. The lowest BCUT2D eigenvalue weighted by atomic mass is 10.1. The minimum atomic E-state index is -0.0273. The summed E-state index contributed by atoms with van der Waals surface area (Å²) in [7, 11) is 0. The van der Waals surface area contributed by atoms with Crippen LogP contribution in [0.1, 0.15) is 30.3 Å². The molecule has 0 saturated carbocycles. The highest BCUT2D eigenvalue weighted by Gasteiger charge is 2.17. The van der Waals surface area contributed by atoms with Gasteiger partial charge in [0.1, 0.15) is 11.2 Å². The van der Waals surface area contributed by atoms with Crippen LogP contribution in [0.25, 0.3) is 32.4 Å². The molecular weight excluding hydrogens is 370 g/mol. The number of hydrogen-bond acceptors (Lipinski definition) is 5. The SMILES string of the molecule is CCn1c(=O)c2c(C)[nH]nc2c2cc(-c3ccc(CN4CCCC4)s3)cnc21. The van der Waals surface area contributed by atoms with Crippen molar-refractivity contribution in [1.29, 1.82) is 0 Å². The van der Waals surface area contributed by atoms with Gasteiger partial charge in [0.2, 0.25) is 0 Å². The summed E-state index contributed by atoms with van der Waals surface area (Å²) in [5.74, 6) is 0. The van der Waals surface area contributed by atoms with Gasteiger partial charge in [-0.15, -0.1) is 11.3 Å². The van der Waals surface area contributed by atoms with E-state index in [1.54, 1.807) is 4.57 Å². The molecule has 5 heterocycles. The Balaban J connectivity index is 1.62. The minimum absolute atomic E-state index is 0.0273. The Kier molecular flexibility index (Phi) is 4.29. The predicted molar refractivity (Wildman–Crippen MR) is 114 cm³/mol. The van der Waals surface area contributed by atoms with Gasteiger partial charge >= 0.3 is 0 Å². The molecule has 4 aromatic rings. The number of pyridine rings is 2. The number of aromatic amines is 1. The fraction of sp³-hybridized carbons (Fsp3) is 0.381. The Morgan fingerprint density at radius 1 is 1.25 bits per heavy atom. The largest absolute Gasteiger partial charge is 0.298 e. The monoisotopic (exact) mass is 393 g/mol.